The largest absolute Gasteiger partial charge is 0.467 e. The Labute approximate surface area is 277 Å². The van der Waals surface area contributed by atoms with Crippen LogP contribution in [-0.2, 0) is 33.5 Å². The minimum atomic E-state index is -0.170. The first-order valence-corrected chi connectivity index (χ1v) is 16.6. The molecule has 1 aliphatic carbocycles. The number of rotatable bonds is 17. The van der Waals surface area contributed by atoms with Crippen molar-refractivity contribution in [2.45, 2.75) is 79.2 Å². The third-order valence-corrected chi connectivity index (χ3v) is 9.14. The number of aryl methyl sites for hydroxylation is 4. The highest BCUT2D eigenvalue weighted by Gasteiger charge is 2.36. The molecule has 0 heterocycles. The predicted octanol–water partition coefficient (Wildman–Crippen LogP) is 10.1. The summed E-state index contributed by atoms with van der Waals surface area (Å²) in [5.74, 6) is 0.874. The first kappa shape index (κ1) is 35.2. The fraction of sp³-hybridized carbons (Fsp3) is 0.381. The summed E-state index contributed by atoms with van der Waals surface area (Å²) >= 11 is 0. The van der Waals surface area contributed by atoms with Gasteiger partial charge in [0.15, 0.2) is 6.79 Å². The number of allylic oxidation sites excluding steroid dienone is 2. The maximum Gasteiger partial charge on any atom is 0.189 e. The van der Waals surface area contributed by atoms with Gasteiger partial charge >= 0.3 is 0 Å². The van der Waals surface area contributed by atoms with Gasteiger partial charge in [-0.05, 0) is 117 Å². The van der Waals surface area contributed by atoms with Crippen LogP contribution in [0.4, 0.5) is 0 Å². The molecule has 0 aliphatic heterocycles. The molecule has 0 saturated heterocycles. The third kappa shape index (κ3) is 8.76. The molecule has 0 fully saturated rings. The normalized spacial score (nSPS) is 16.3. The van der Waals surface area contributed by atoms with E-state index in [1.807, 2.05) is 26.0 Å². The van der Waals surface area contributed by atoms with Gasteiger partial charge in [-0.2, -0.15) is 0 Å². The lowest BCUT2D eigenvalue weighted by Gasteiger charge is -2.37. The van der Waals surface area contributed by atoms with Crippen molar-refractivity contribution in [1.29, 1.82) is 0 Å². The Morgan fingerprint density at radius 3 is 1.85 bits per heavy atom. The highest BCUT2D eigenvalue weighted by Crippen LogP contribution is 2.47. The van der Waals surface area contributed by atoms with E-state index in [0.717, 1.165) is 48.1 Å². The summed E-state index contributed by atoms with van der Waals surface area (Å²) in [5.41, 5.74) is 13.7. The van der Waals surface area contributed by atoms with Crippen LogP contribution in [0.25, 0.3) is 12.2 Å². The van der Waals surface area contributed by atoms with Gasteiger partial charge in [-0.1, -0.05) is 91.6 Å². The standard InChI is InChI=1S/C42H52O4/c1-9-33-13-17-35(18-14-33)21-23-37-25-29(5)41(45-27-43-11-3)39(31(37)7)40-32(8)38(26-30(6)42(40)46-28-44-12-4)24-22-36-19-15-34(10-2)16-20-36/h9-10,13-20,25-26,39,41H,1-2,11-12,21-24,27-28H2,3-8H3/t39?,41-/m0/s1. The van der Waals surface area contributed by atoms with E-state index in [2.05, 4.69) is 102 Å². The van der Waals surface area contributed by atoms with Crippen molar-refractivity contribution in [2.24, 2.45) is 0 Å². The van der Waals surface area contributed by atoms with Crippen LogP contribution in [0.5, 0.6) is 5.75 Å². The number of hydrogen-bond donors (Lipinski definition) is 0. The van der Waals surface area contributed by atoms with Gasteiger partial charge in [-0.15, -0.1) is 0 Å². The minimum Gasteiger partial charge on any atom is -0.467 e. The molecule has 3 aromatic rings. The van der Waals surface area contributed by atoms with E-state index in [9.17, 15) is 0 Å². The van der Waals surface area contributed by atoms with Crippen LogP contribution in [0.15, 0.2) is 90.6 Å². The quantitative estimate of drug-likeness (QED) is 0.111. The molecule has 0 amide bonds. The molecular formula is C42H52O4. The van der Waals surface area contributed by atoms with E-state index >= 15 is 0 Å². The van der Waals surface area contributed by atoms with Gasteiger partial charge in [0, 0.05) is 24.7 Å². The molecular weight excluding hydrogens is 568 g/mol. The van der Waals surface area contributed by atoms with Gasteiger partial charge in [0.05, 0.1) is 6.10 Å². The Kier molecular flexibility index (Phi) is 13.2. The van der Waals surface area contributed by atoms with Crippen LogP contribution in [0.1, 0.15) is 84.5 Å². The topological polar surface area (TPSA) is 36.9 Å². The van der Waals surface area contributed by atoms with Gasteiger partial charge in [-0.25, -0.2) is 0 Å². The number of hydrogen-bond acceptors (Lipinski definition) is 4. The van der Waals surface area contributed by atoms with Crippen molar-refractivity contribution in [1.82, 2.24) is 0 Å². The Balaban J connectivity index is 1.77. The summed E-state index contributed by atoms with van der Waals surface area (Å²) in [6.45, 7) is 22.3. The molecule has 4 rings (SSSR count). The predicted molar refractivity (Wildman–Crippen MR) is 192 cm³/mol. The summed E-state index contributed by atoms with van der Waals surface area (Å²) in [7, 11) is 0. The second kappa shape index (κ2) is 17.3. The highest BCUT2D eigenvalue weighted by molar-refractivity contribution is 5.58. The lowest BCUT2D eigenvalue weighted by Crippen LogP contribution is -2.30. The van der Waals surface area contributed by atoms with Crippen molar-refractivity contribution in [3.8, 4) is 5.75 Å². The molecule has 4 nitrogen and oxygen atoms in total. The van der Waals surface area contributed by atoms with Crippen molar-refractivity contribution in [2.75, 3.05) is 26.8 Å². The monoisotopic (exact) mass is 620 g/mol. The maximum atomic E-state index is 6.55. The van der Waals surface area contributed by atoms with E-state index in [-0.39, 0.29) is 25.6 Å². The molecule has 244 valence electrons. The molecule has 0 N–H and O–H groups in total. The maximum absolute atomic E-state index is 6.55. The molecule has 0 aromatic heterocycles. The molecule has 2 atom stereocenters. The first-order chi connectivity index (χ1) is 22.3. The fourth-order valence-corrected chi connectivity index (χ4v) is 6.43. The van der Waals surface area contributed by atoms with E-state index in [1.54, 1.807) is 0 Å². The summed E-state index contributed by atoms with van der Waals surface area (Å²) in [6.07, 6.45) is 9.73. The molecule has 0 bridgehead atoms. The van der Waals surface area contributed by atoms with Gasteiger partial charge < -0.3 is 18.9 Å². The van der Waals surface area contributed by atoms with Crippen LogP contribution in [0, 0.1) is 13.8 Å². The van der Waals surface area contributed by atoms with Gasteiger partial charge in [0.1, 0.15) is 12.5 Å². The van der Waals surface area contributed by atoms with Gasteiger partial charge in [-0.3, -0.25) is 0 Å². The Morgan fingerprint density at radius 2 is 1.28 bits per heavy atom. The van der Waals surface area contributed by atoms with Crippen LogP contribution >= 0.6 is 0 Å². The van der Waals surface area contributed by atoms with E-state index in [1.165, 1.54) is 44.5 Å². The molecule has 1 aliphatic rings. The lowest BCUT2D eigenvalue weighted by molar-refractivity contribution is -0.0800. The Bertz CT molecular complexity index is 1530. The van der Waals surface area contributed by atoms with Gasteiger partial charge in [0.2, 0.25) is 0 Å². The van der Waals surface area contributed by atoms with Crippen molar-refractivity contribution in [3.63, 3.8) is 0 Å². The zero-order chi connectivity index (χ0) is 33.1. The summed E-state index contributed by atoms with van der Waals surface area (Å²) < 4.78 is 24.4. The second-order valence-electron chi connectivity index (χ2n) is 12.1. The molecule has 46 heavy (non-hydrogen) atoms. The van der Waals surface area contributed by atoms with Crippen LogP contribution in [0.3, 0.4) is 0 Å². The second-order valence-corrected chi connectivity index (χ2v) is 12.1. The number of benzene rings is 3. The number of ether oxygens (including phenoxy) is 4. The summed E-state index contributed by atoms with van der Waals surface area (Å²) in [4.78, 5) is 0. The smallest absolute Gasteiger partial charge is 0.189 e. The van der Waals surface area contributed by atoms with Crippen molar-refractivity contribution in [3.05, 3.63) is 135 Å². The third-order valence-electron chi connectivity index (χ3n) is 9.14. The molecule has 0 spiro atoms. The van der Waals surface area contributed by atoms with E-state index < -0.39 is 0 Å². The molecule has 4 heteroatoms. The Hall–Kier alpha value is -3.70. The van der Waals surface area contributed by atoms with Crippen molar-refractivity contribution >= 4 is 12.2 Å². The van der Waals surface area contributed by atoms with E-state index in [0.29, 0.717) is 13.2 Å². The van der Waals surface area contributed by atoms with Crippen LogP contribution in [0.2, 0.25) is 0 Å². The average Bonchev–Trinajstić information content (AvgIpc) is 3.07. The zero-order valence-corrected chi connectivity index (χ0v) is 28.8. The Morgan fingerprint density at radius 1 is 0.717 bits per heavy atom. The molecule has 3 aromatic carbocycles. The summed E-state index contributed by atoms with van der Waals surface area (Å²) in [5, 5.41) is 0. The van der Waals surface area contributed by atoms with Crippen molar-refractivity contribution < 1.29 is 18.9 Å². The van der Waals surface area contributed by atoms with Crippen LogP contribution in [-0.4, -0.2) is 32.9 Å². The molecule has 0 saturated carbocycles. The summed E-state index contributed by atoms with van der Waals surface area (Å²) in [6, 6.07) is 19.7. The molecule has 1 unspecified atom stereocenters. The van der Waals surface area contributed by atoms with E-state index in [4.69, 9.17) is 18.9 Å². The fourth-order valence-electron chi connectivity index (χ4n) is 6.43. The zero-order valence-electron chi connectivity index (χ0n) is 28.8. The molecule has 0 radical (unpaired) electrons. The average molecular weight is 621 g/mol. The van der Waals surface area contributed by atoms with Crippen LogP contribution < -0.4 is 4.74 Å². The lowest BCUT2D eigenvalue weighted by atomic mass is 9.74. The highest BCUT2D eigenvalue weighted by atomic mass is 16.7. The minimum absolute atomic E-state index is 0.0225. The SMILES string of the molecule is C=Cc1ccc(CCC2=C(C)C(c3c(C)c(CCc4ccc(C=C)cc4)cc(C)c3OCOCC)[C@@H](OCOCC)C(C)=C2)cc1. The van der Waals surface area contributed by atoms with Gasteiger partial charge in [0.25, 0.3) is 0 Å². The first-order valence-electron chi connectivity index (χ1n) is 16.6.